The number of carbonyl (C=O) groups excluding carboxylic acids is 2. The predicted molar refractivity (Wildman–Crippen MR) is 130 cm³/mol. The van der Waals surface area contributed by atoms with E-state index in [1.54, 1.807) is 0 Å². The molecule has 0 fully saturated rings. The number of aryl methyl sites for hydroxylation is 1. The van der Waals surface area contributed by atoms with Crippen molar-refractivity contribution in [2.24, 2.45) is 0 Å². The third-order valence-corrected chi connectivity index (χ3v) is 6.69. The molecule has 0 aliphatic heterocycles. The first-order valence-electron chi connectivity index (χ1n) is 10.4. The fourth-order valence-corrected chi connectivity index (χ4v) is 5.11. The first-order chi connectivity index (χ1) is 15.2. The minimum absolute atomic E-state index is 0.154. The van der Waals surface area contributed by atoms with Crippen LogP contribution in [0.4, 0.5) is 5.00 Å². The number of benzene rings is 1. The molecule has 0 unspecified atom stereocenters. The van der Waals surface area contributed by atoms with E-state index in [9.17, 15) is 9.59 Å². The summed E-state index contributed by atoms with van der Waals surface area (Å²) < 4.78 is 7.05. The van der Waals surface area contributed by atoms with Crippen LogP contribution in [0.5, 0.6) is 0 Å². The number of hydrogen-bond acceptors (Lipinski definition) is 7. The third kappa shape index (κ3) is 5.21. The van der Waals surface area contributed by atoms with Crippen LogP contribution in [0.15, 0.2) is 34.8 Å². The largest absolute Gasteiger partial charge is 0.465 e. The average Bonchev–Trinajstić information content (AvgIpc) is 3.37. The Balaban J connectivity index is 1.78. The molecule has 1 aromatic carbocycles. The molecule has 9 heteroatoms. The van der Waals surface area contributed by atoms with Gasteiger partial charge in [0.25, 0.3) is 0 Å². The second kappa shape index (κ2) is 10.3. The molecule has 2 heterocycles. The van der Waals surface area contributed by atoms with Crippen molar-refractivity contribution in [3.8, 4) is 11.1 Å². The molecule has 1 N–H and O–H groups in total. The predicted octanol–water partition coefficient (Wildman–Crippen LogP) is 5.54. The first kappa shape index (κ1) is 24.0. The summed E-state index contributed by atoms with van der Waals surface area (Å²) in [6.07, 6.45) is 0. The van der Waals surface area contributed by atoms with Crippen molar-refractivity contribution >= 4 is 40.0 Å². The van der Waals surface area contributed by atoms with E-state index in [2.05, 4.69) is 47.8 Å². The molecular formula is C23H28N4O3S2. The van der Waals surface area contributed by atoms with Gasteiger partial charge in [0, 0.05) is 22.9 Å². The van der Waals surface area contributed by atoms with Crippen molar-refractivity contribution in [2.45, 2.75) is 51.7 Å². The number of thiophene rings is 1. The van der Waals surface area contributed by atoms with Gasteiger partial charge in [0.05, 0.1) is 12.9 Å². The minimum Gasteiger partial charge on any atom is -0.465 e. The number of esters is 1. The van der Waals surface area contributed by atoms with Crippen LogP contribution in [0.2, 0.25) is 0 Å². The van der Waals surface area contributed by atoms with Crippen LogP contribution in [0.25, 0.3) is 11.1 Å². The summed E-state index contributed by atoms with van der Waals surface area (Å²) in [6, 6.07) is 8.07. The molecule has 0 radical (unpaired) electrons. The highest BCUT2D eigenvalue weighted by Gasteiger charge is 2.23. The monoisotopic (exact) mass is 472 g/mol. The van der Waals surface area contributed by atoms with E-state index in [4.69, 9.17) is 4.74 Å². The Kier molecular flexibility index (Phi) is 7.73. The highest BCUT2D eigenvalue weighted by Crippen LogP contribution is 2.36. The Labute approximate surface area is 196 Å². The van der Waals surface area contributed by atoms with Gasteiger partial charge >= 0.3 is 5.97 Å². The van der Waals surface area contributed by atoms with Crippen LogP contribution in [0.3, 0.4) is 0 Å². The van der Waals surface area contributed by atoms with Crippen LogP contribution in [-0.4, -0.2) is 39.5 Å². The molecule has 2 aromatic heterocycles. The summed E-state index contributed by atoms with van der Waals surface area (Å²) in [7, 11) is 1.34. The second-order valence-electron chi connectivity index (χ2n) is 8.01. The van der Waals surface area contributed by atoms with Crippen LogP contribution in [0.1, 0.15) is 61.4 Å². The molecule has 0 spiro atoms. The van der Waals surface area contributed by atoms with E-state index in [1.807, 2.05) is 36.6 Å². The molecule has 3 rings (SSSR count). The zero-order valence-corrected chi connectivity index (χ0v) is 20.8. The number of nitrogens with zero attached hydrogens (tertiary/aromatic N) is 3. The van der Waals surface area contributed by atoms with Crippen molar-refractivity contribution < 1.29 is 14.3 Å². The topological polar surface area (TPSA) is 86.1 Å². The quantitative estimate of drug-likeness (QED) is 0.342. The molecule has 0 aliphatic rings. The zero-order chi connectivity index (χ0) is 23.4. The van der Waals surface area contributed by atoms with Crippen LogP contribution in [0, 0.1) is 6.92 Å². The normalized spacial score (nSPS) is 11.2. The van der Waals surface area contributed by atoms with Crippen LogP contribution >= 0.6 is 23.1 Å². The molecule has 0 aliphatic carbocycles. The number of hydrogen-bond donors (Lipinski definition) is 1. The Morgan fingerprint density at radius 3 is 2.44 bits per heavy atom. The number of nitrogens with one attached hydrogen (secondary N) is 1. The summed E-state index contributed by atoms with van der Waals surface area (Å²) >= 11 is 2.64. The lowest BCUT2D eigenvalue weighted by molar-refractivity contribution is -0.113. The van der Waals surface area contributed by atoms with Gasteiger partial charge in [0.15, 0.2) is 5.16 Å². The third-order valence-electron chi connectivity index (χ3n) is 4.85. The maximum atomic E-state index is 12.7. The number of rotatable bonds is 8. The van der Waals surface area contributed by atoms with Gasteiger partial charge in [-0.3, -0.25) is 4.79 Å². The van der Waals surface area contributed by atoms with Crippen molar-refractivity contribution in [3.05, 3.63) is 46.6 Å². The summed E-state index contributed by atoms with van der Waals surface area (Å²) in [5.41, 5.74) is 3.13. The standard InChI is InChI=1S/C23H28N4O3S2/c1-13(2)20-25-26-23(27(20)14(3)4)32-12-18(28)24-21-19(22(29)30-6)17(11-31-21)16-9-7-15(5)8-10-16/h7-11,13-14H,12H2,1-6H3,(H,24,28). The molecular weight excluding hydrogens is 444 g/mol. The Hall–Kier alpha value is -2.65. The molecule has 0 bridgehead atoms. The summed E-state index contributed by atoms with van der Waals surface area (Å²) in [4.78, 5) is 25.2. The smallest absolute Gasteiger partial charge is 0.341 e. The number of ether oxygens (including phenoxy) is 1. The number of amides is 1. The van der Waals surface area contributed by atoms with Crippen molar-refractivity contribution in [1.29, 1.82) is 0 Å². The van der Waals surface area contributed by atoms with E-state index in [0.717, 1.165) is 22.5 Å². The molecule has 0 saturated heterocycles. The molecule has 0 saturated carbocycles. The second-order valence-corrected chi connectivity index (χ2v) is 9.83. The number of anilines is 1. The van der Waals surface area contributed by atoms with E-state index in [0.29, 0.717) is 15.7 Å². The van der Waals surface area contributed by atoms with E-state index >= 15 is 0 Å². The molecule has 1 amide bonds. The summed E-state index contributed by atoms with van der Waals surface area (Å²) in [5, 5.41) is 14.5. The van der Waals surface area contributed by atoms with Gasteiger partial charge in [0.1, 0.15) is 16.4 Å². The Morgan fingerprint density at radius 2 is 1.84 bits per heavy atom. The number of thioether (sulfide) groups is 1. The zero-order valence-electron chi connectivity index (χ0n) is 19.1. The summed E-state index contributed by atoms with van der Waals surface area (Å²) in [5.74, 6) is 0.591. The molecule has 32 heavy (non-hydrogen) atoms. The van der Waals surface area contributed by atoms with Gasteiger partial charge in [-0.2, -0.15) is 0 Å². The van der Waals surface area contributed by atoms with Crippen LogP contribution in [-0.2, 0) is 9.53 Å². The van der Waals surface area contributed by atoms with Crippen molar-refractivity contribution in [2.75, 3.05) is 18.2 Å². The Bertz CT molecular complexity index is 1100. The fourth-order valence-electron chi connectivity index (χ4n) is 3.26. The minimum atomic E-state index is -0.481. The van der Waals surface area contributed by atoms with E-state index < -0.39 is 5.97 Å². The lowest BCUT2D eigenvalue weighted by Gasteiger charge is -2.15. The lowest BCUT2D eigenvalue weighted by Crippen LogP contribution is -2.17. The first-order valence-corrected chi connectivity index (χ1v) is 12.2. The number of aromatic nitrogens is 3. The molecule has 7 nitrogen and oxygen atoms in total. The highest BCUT2D eigenvalue weighted by atomic mass is 32.2. The van der Waals surface area contributed by atoms with Gasteiger partial charge in [0.2, 0.25) is 5.91 Å². The fraction of sp³-hybridized carbons (Fsp3) is 0.391. The van der Waals surface area contributed by atoms with Crippen molar-refractivity contribution in [1.82, 2.24) is 14.8 Å². The van der Waals surface area contributed by atoms with Gasteiger partial charge < -0.3 is 14.6 Å². The van der Waals surface area contributed by atoms with Crippen molar-refractivity contribution in [3.63, 3.8) is 0 Å². The van der Waals surface area contributed by atoms with Crippen LogP contribution < -0.4 is 5.32 Å². The number of carbonyl (C=O) groups is 2. The Morgan fingerprint density at radius 1 is 1.16 bits per heavy atom. The summed E-state index contributed by atoms with van der Waals surface area (Å²) in [6.45, 7) is 10.3. The maximum Gasteiger partial charge on any atom is 0.341 e. The molecule has 0 atom stereocenters. The van der Waals surface area contributed by atoms with Gasteiger partial charge in [-0.25, -0.2) is 4.79 Å². The van der Waals surface area contributed by atoms with Gasteiger partial charge in [-0.05, 0) is 26.3 Å². The van der Waals surface area contributed by atoms with E-state index in [1.165, 1.54) is 30.2 Å². The number of methoxy groups -OCH3 is 1. The maximum absolute atomic E-state index is 12.7. The lowest BCUT2D eigenvalue weighted by atomic mass is 10.0. The molecule has 170 valence electrons. The van der Waals surface area contributed by atoms with E-state index in [-0.39, 0.29) is 23.6 Å². The average molecular weight is 473 g/mol. The van der Waals surface area contributed by atoms with Gasteiger partial charge in [-0.1, -0.05) is 55.4 Å². The molecule has 3 aromatic rings. The SMILES string of the molecule is COC(=O)c1c(-c2ccc(C)cc2)csc1NC(=O)CSc1nnc(C(C)C)n1C(C)C. The highest BCUT2D eigenvalue weighted by molar-refractivity contribution is 7.99. The van der Waals surface area contributed by atoms with Gasteiger partial charge in [-0.15, -0.1) is 21.5 Å².